The van der Waals surface area contributed by atoms with E-state index in [0.717, 1.165) is 0 Å². The van der Waals surface area contributed by atoms with Crippen LogP contribution in [0.4, 0.5) is 11.4 Å². The molecule has 0 saturated carbocycles. The van der Waals surface area contributed by atoms with Crippen molar-refractivity contribution in [2.75, 3.05) is 5.06 Å². The third-order valence-electron chi connectivity index (χ3n) is 5.10. The lowest BCUT2D eigenvalue weighted by Crippen LogP contribution is -2.41. The van der Waals surface area contributed by atoms with E-state index in [2.05, 4.69) is 0 Å². The number of carbonyl (C=O) groups excluding carboxylic acids is 2. The van der Waals surface area contributed by atoms with Crippen LogP contribution in [-0.4, -0.2) is 33.8 Å². The number of hydrogen-bond acceptors (Lipinski definition) is 6. The van der Waals surface area contributed by atoms with E-state index in [1.807, 2.05) is 18.2 Å². The maximum absolute atomic E-state index is 13.1. The normalized spacial score (nSPS) is 24.2. The van der Waals surface area contributed by atoms with Crippen LogP contribution in [-0.2, 0) is 14.4 Å². The number of hydroxylamine groups is 1. The van der Waals surface area contributed by atoms with Gasteiger partial charge >= 0.3 is 0 Å². The molecule has 144 valence electrons. The van der Waals surface area contributed by atoms with Gasteiger partial charge in [0.15, 0.2) is 6.10 Å². The van der Waals surface area contributed by atoms with Crippen molar-refractivity contribution >= 4 is 23.2 Å². The van der Waals surface area contributed by atoms with Gasteiger partial charge in [-0.25, -0.2) is 5.06 Å². The van der Waals surface area contributed by atoms with Gasteiger partial charge in [-0.15, -0.1) is 0 Å². The third kappa shape index (κ3) is 2.73. The molecule has 3 unspecified atom stereocenters. The van der Waals surface area contributed by atoms with Gasteiger partial charge in [-0.3, -0.25) is 29.4 Å². The summed E-state index contributed by atoms with van der Waals surface area (Å²) in [7, 11) is 0. The Morgan fingerprint density at radius 2 is 1.75 bits per heavy atom. The Balaban J connectivity index is 1.82. The number of nitrogens with zero attached hydrogens (tertiary/aromatic N) is 3. The number of carbonyl (C=O) groups is 2. The van der Waals surface area contributed by atoms with Crippen molar-refractivity contribution < 1.29 is 19.3 Å². The number of nitro benzene ring substituents is 1. The molecular formula is C20H19N3O5. The summed E-state index contributed by atoms with van der Waals surface area (Å²) in [6, 6.07) is 14.3. The number of rotatable bonds is 4. The van der Waals surface area contributed by atoms with E-state index < -0.39 is 23.0 Å². The molecule has 2 aromatic carbocycles. The molecule has 2 amide bonds. The summed E-state index contributed by atoms with van der Waals surface area (Å²) in [4.78, 5) is 43.8. The van der Waals surface area contributed by atoms with Gasteiger partial charge in [0.2, 0.25) is 5.91 Å². The van der Waals surface area contributed by atoms with Gasteiger partial charge in [0.05, 0.1) is 16.7 Å². The number of nitro groups is 1. The molecule has 2 saturated heterocycles. The van der Waals surface area contributed by atoms with E-state index in [9.17, 15) is 19.7 Å². The fourth-order valence-corrected chi connectivity index (χ4v) is 3.90. The standard InChI is InChI=1S/C20H19N3O5/c1-12(2)21-19(24)16-17(13-7-6-10-15(11-13)23(26)27)22(28-18(16)20(21)25)14-8-4-3-5-9-14/h3-12,16-18H,1-2H3. The van der Waals surface area contributed by atoms with Gasteiger partial charge in [0.25, 0.3) is 11.6 Å². The summed E-state index contributed by atoms with van der Waals surface area (Å²) in [5.41, 5.74) is 1.15. The van der Waals surface area contributed by atoms with E-state index in [1.165, 1.54) is 22.1 Å². The van der Waals surface area contributed by atoms with Gasteiger partial charge < -0.3 is 0 Å². The van der Waals surface area contributed by atoms with Crippen molar-refractivity contribution in [2.24, 2.45) is 5.92 Å². The molecule has 2 aromatic rings. The Morgan fingerprint density at radius 3 is 2.39 bits per heavy atom. The zero-order valence-electron chi connectivity index (χ0n) is 15.4. The zero-order valence-corrected chi connectivity index (χ0v) is 15.4. The predicted molar refractivity (Wildman–Crippen MR) is 100 cm³/mol. The molecule has 3 atom stereocenters. The molecule has 28 heavy (non-hydrogen) atoms. The molecule has 2 aliphatic heterocycles. The monoisotopic (exact) mass is 381 g/mol. The molecule has 0 aromatic heterocycles. The SMILES string of the molecule is CC(C)N1C(=O)C2ON(c3ccccc3)C(c3cccc([N+](=O)[O-])c3)C2C1=O. The van der Waals surface area contributed by atoms with Gasteiger partial charge in [-0.05, 0) is 31.5 Å². The number of non-ortho nitro benzene ring substituents is 1. The van der Waals surface area contributed by atoms with Crippen molar-refractivity contribution in [3.63, 3.8) is 0 Å². The van der Waals surface area contributed by atoms with Crippen molar-refractivity contribution in [3.05, 3.63) is 70.3 Å². The van der Waals surface area contributed by atoms with Crippen LogP contribution in [0.25, 0.3) is 0 Å². The van der Waals surface area contributed by atoms with E-state index >= 15 is 0 Å². The quantitative estimate of drug-likeness (QED) is 0.459. The Kier molecular flexibility index (Phi) is 4.35. The predicted octanol–water partition coefficient (Wildman–Crippen LogP) is 2.85. The highest BCUT2D eigenvalue weighted by molar-refractivity contribution is 6.08. The number of hydrogen-bond donors (Lipinski definition) is 0. The number of likely N-dealkylation sites (tertiary alicyclic amines) is 1. The second-order valence-corrected chi connectivity index (χ2v) is 7.15. The molecule has 2 aliphatic rings. The first-order chi connectivity index (χ1) is 13.4. The maximum Gasteiger partial charge on any atom is 0.269 e. The van der Waals surface area contributed by atoms with Gasteiger partial charge in [-0.2, -0.15) is 0 Å². The van der Waals surface area contributed by atoms with Crippen molar-refractivity contribution in [3.8, 4) is 0 Å². The summed E-state index contributed by atoms with van der Waals surface area (Å²) in [5, 5.41) is 12.8. The van der Waals surface area contributed by atoms with Crippen LogP contribution < -0.4 is 5.06 Å². The van der Waals surface area contributed by atoms with Crippen molar-refractivity contribution in [2.45, 2.75) is 32.0 Å². The highest BCUT2D eigenvalue weighted by Crippen LogP contribution is 2.47. The molecule has 2 fully saturated rings. The van der Waals surface area contributed by atoms with Gasteiger partial charge in [0, 0.05) is 18.2 Å². The maximum atomic E-state index is 13.1. The van der Waals surface area contributed by atoms with Crippen LogP contribution in [0.1, 0.15) is 25.5 Å². The Bertz CT molecular complexity index is 946. The third-order valence-corrected chi connectivity index (χ3v) is 5.10. The number of fused-ring (bicyclic) bond motifs is 1. The Labute approximate surface area is 161 Å². The van der Waals surface area contributed by atoms with E-state index in [1.54, 1.807) is 38.1 Å². The minimum absolute atomic E-state index is 0.0774. The van der Waals surface area contributed by atoms with Crippen LogP contribution in [0.3, 0.4) is 0 Å². The lowest BCUT2D eigenvalue weighted by Gasteiger charge is -2.29. The molecule has 0 bridgehead atoms. The number of imide groups is 1. The smallest absolute Gasteiger partial charge is 0.269 e. The summed E-state index contributed by atoms with van der Waals surface area (Å²) in [6.45, 7) is 3.54. The second kappa shape index (κ2) is 6.72. The molecule has 0 spiro atoms. The molecular weight excluding hydrogens is 362 g/mol. The minimum Gasteiger partial charge on any atom is -0.277 e. The fourth-order valence-electron chi connectivity index (χ4n) is 3.90. The topological polar surface area (TPSA) is 93.0 Å². The molecule has 0 radical (unpaired) electrons. The molecule has 0 aliphatic carbocycles. The van der Waals surface area contributed by atoms with Gasteiger partial charge in [-0.1, -0.05) is 30.3 Å². The molecule has 8 nitrogen and oxygen atoms in total. The van der Waals surface area contributed by atoms with E-state index in [0.29, 0.717) is 11.3 Å². The van der Waals surface area contributed by atoms with Crippen molar-refractivity contribution in [1.82, 2.24) is 4.90 Å². The molecule has 0 N–H and O–H groups in total. The number of amides is 2. The summed E-state index contributed by atoms with van der Waals surface area (Å²) >= 11 is 0. The first kappa shape index (κ1) is 18.1. The Morgan fingerprint density at radius 1 is 1.04 bits per heavy atom. The van der Waals surface area contributed by atoms with Crippen LogP contribution in [0.5, 0.6) is 0 Å². The highest BCUT2D eigenvalue weighted by Gasteiger charge is 2.60. The number of para-hydroxylation sites is 1. The highest BCUT2D eigenvalue weighted by atomic mass is 16.7. The average Bonchev–Trinajstić information content (AvgIpc) is 3.19. The molecule has 4 rings (SSSR count). The van der Waals surface area contributed by atoms with Gasteiger partial charge in [0.1, 0.15) is 5.92 Å². The second-order valence-electron chi connectivity index (χ2n) is 7.15. The molecule has 2 heterocycles. The first-order valence-corrected chi connectivity index (χ1v) is 9.02. The van der Waals surface area contributed by atoms with Crippen LogP contribution in [0.15, 0.2) is 54.6 Å². The summed E-state index contributed by atoms with van der Waals surface area (Å²) in [6.07, 6.45) is -0.945. The fraction of sp³-hybridized carbons (Fsp3) is 0.300. The van der Waals surface area contributed by atoms with Crippen LogP contribution >= 0.6 is 0 Å². The van der Waals surface area contributed by atoms with E-state index in [-0.39, 0.29) is 23.5 Å². The lowest BCUT2D eigenvalue weighted by atomic mass is 9.90. The zero-order chi connectivity index (χ0) is 20.0. The number of anilines is 1. The lowest BCUT2D eigenvalue weighted by molar-refractivity contribution is -0.384. The summed E-state index contributed by atoms with van der Waals surface area (Å²) in [5.74, 6) is -1.46. The van der Waals surface area contributed by atoms with Crippen molar-refractivity contribution in [1.29, 1.82) is 0 Å². The Hall–Kier alpha value is -3.26. The largest absolute Gasteiger partial charge is 0.277 e. The van der Waals surface area contributed by atoms with Crippen LogP contribution in [0, 0.1) is 16.0 Å². The number of benzene rings is 2. The first-order valence-electron chi connectivity index (χ1n) is 9.02. The summed E-state index contributed by atoms with van der Waals surface area (Å²) < 4.78 is 0. The average molecular weight is 381 g/mol. The minimum atomic E-state index is -0.945. The van der Waals surface area contributed by atoms with E-state index in [4.69, 9.17) is 4.84 Å². The van der Waals surface area contributed by atoms with Crippen LogP contribution in [0.2, 0.25) is 0 Å². The molecule has 8 heteroatoms.